The van der Waals surface area contributed by atoms with Gasteiger partial charge in [-0.15, -0.1) is 0 Å². The minimum atomic E-state index is 0.0670. The van der Waals surface area contributed by atoms with Crippen LogP contribution < -0.4 is 5.32 Å². The van der Waals surface area contributed by atoms with Crippen LogP contribution in [0.3, 0.4) is 0 Å². The third-order valence-electron chi connectivity index (χ3n) is 4.15. The summed E-state index contributed by atoms with van der Waals surface area (Å²) in [5.74, 6) is 0.292. The highest BCUT2D eigenvalue weighted by Crippen LogP contribution is 2.12. The van der Waals surface area contributed by atoms with E-state index < -0.39 is 0 Å². The van der Waals surface area contributed by atoms with Gasteiger partial charge in [-0.05, 0) is 31.5 Å². The molecule has 1 atom stereocenters. The Balaban J connectivity index is 1.48. The van der Waals surface area contributed by atoms with Gasteiger partial charge in [-0.1, -0.05) is 6.07 Å². The van der Waals surface area contributed by atoms with Crippen molar-refractivity contribution < 1.29 is 4.79 Å². The van der Waals surface area contributed by atoms with Crippen molar-refractivity contribution in [3.63, 3.8) is 0 Å². The second kappa shape index (κ2) is 6.33. The van der Waals surface area contributed by atoms with Crippen LogP contribution in [0.2, 0.25) is 0 Å². The molecule has 108 valence electrons. The van der Waals surface area contributed by atoms with E-state index in [1.807, 2.05) is 23.2 Å². The highest BCUT2D eigenvalue weighted by atomic mass is 16.2. The lowest BCUT2D eigenvalue weighted by Gasteiger charge is -2.35. The van der Waals surface area contributed by atoms with Crippen molar-refractivity contribution in [3.8, 4) is 0 Å². The third-order valence-corrected chi connectivity index (χ3v) is 4.15. The third kappa shape index (κ3) is 3.16. The zero-order valence-corrected chi connectivity index (χ0v) is 11.8. The number of piperazine rings is 1. The molecular weight excluding hydrogens is 252 g/mol. The normalized spacial score (nSPS) is 24.0. The van der Waals surface area contributed by atoms with Crippen LogP contribution in [0, 0.1) is 0 Å². The minimum absolute atomic E-state index is 0.0670. The number of rotatable bonds is 3. The fourth-order valence-corrected chi connectivity index (χ4v) is 2.96. The van der Waals surface area contributed by atoms with E-state index in [-0.39, 0.29) is 6.04 Å². The summed E-state index contributed by atoms with van der Waals surface area (Å²) in [6, 6.07) is 6.08. The van der Waals surface area contributed by atoms with E-state index in [4.69, 9.17) is 0 Å². The Morgan fingerprint density at radius 1 is 1.30 bits per heavy atom. The quantitative estimate of drug-likeness (QED) is 0.871. The smallest absolute Gasteiger partial charge is 0.239 e. The number of carbonyl (C=O) groups excluding carboxylic acids is 1. The Kier molecular flexibility index (Phi) is 4.28. The van der Waals surface area contributed by atoms with Crippen molar-refractivity contribution in [2.75, 3.05) is 32.7 Å². The summed E-state index contributed by atoms with van der Waals surface area (Å²) in [6.07, 6.45) is 3.95. The molecule has 1 aromatic rings. The van der Waals surface area contributed by atoms with Crippen molar-refractivity contribution in [1.82, 2.24) is 20.1 Å². The van der Waals surface area contributed by atoms with Crippen LogP contribution in [-0.2, 0) is 11.3 Å². The highest BCUT2D eigenvalue weighted by Gasteiger charge is 2.29. The van der Waals surface area contributed by atoms with Gasteiger partial charge in [-0.3, -0.25) is 14.7 Å². The first-order valence-electron chi connectivity index (χ1n) is 7.47. The summed E-state index contributed by atoms with van der Waals surface area (Å²) in [7, 11) is 0. The SMILES string of the molecule is O=C(C1CCCN1)N1CCN(Cc2ccccn2)CC1. The van der Waals surface area contributed by atoms with Gasteiger partial charge in [0.1, 0.15) is 0 Å². The van der Waals surface area contributed by atoms with Gasteiger partial charge in [0.25, 0.3) is 0 Å². The number of carbonyl (C=O) groups is 1. The molecule has 1 unspecified atom stereocenters. The summed E-state index contributed by atoms with van der Waals surface area (Å²) in [5.41, 5.74) is 1.10. The molecule has 0 spiro atoms. The maximum Gasteiger partial charge on any atom is 0.239 e. The van der Waals surface area contributed by atoms with E-state index in [9.17, 15) is 4.79 Å². The molecule has 0 radical (unpaired) electrons. The van der Waals surface area contributed by atoms with E-state index in [1.165, 1.54) is 0 Å². The second-order valence-electron chi connectivity index (χ2n) is 5.57. The first kappa shape index (κ1) is 13.5. The Labute approximate surface area is 120 Å². The number of aromatic nitrogens is 1. The molecule has 0 saturated carbocycles. The molecule has 20 heavy (non-hydrogen) atoms. The molecule has 3 rings (SSSR count). The van der Waals surface area contributed by atoms with Crippen LogP contribution in [0.15, 0.2) is 24.4 Å². The van der Waals surface area contributed by atoms with Crippen molar-refractivity contribution in [1.29, 1.82) is 0 Å². The maximum atomic E-state index is 12.3. The van der Waals surface area contributed by atoms with Crippen molar-refractivity contribution in [2.24, 2.45) is 0 Å². The first-order valence-corrected chi connectivity index (χ1v) is 7.47. The van der Waals surface area contributed by atoms with E-state index in [0.29, 0.717) is 5.91 Å². The van der Waals surface area contributed by atoms with Gasteiger partial charge in [0.05, 0.1) is 11.7 Å². The molecule has 2 fully saturated rings. The minimum Gasteiger partial charge on any atom is -0.339 e. The van der Waals surface area contributed by atoms with Gasteiger partial charge >= 0.3 is 0 Å². The molecule has 2 saturated heterocycles. The highest BCUT2D eigenvalue weighted by molar-refractivity contribution is 5.82. The Morgan fingerprint density at radius 2 is 2.15 bits per heavy atom. The molecule has 2 aliphatic rings. The molecule has 1 amide bonds. The van der Waals surface area contributed by atoms with Crippen LogP contribution in [0.4, 0.5) is 0 Å². The molecule has 0 bridgehead atoms. The van der Waals surface area contributed by atoms with E-state index in [0.717, 1.165) is 57.8 Å². The number of pyridine rings is 1. The summed E-state index contributed by atoms with van der Waals surface area (Å²) in [6.45, 7) is 5.42. The lowest BCUT2D eigenvalue weighted by atomic mass is 10.2. The van der Waals surface area contributed by atoms with Crippen LogP contribution in [0.25, 0.3) is 0 Å². The fraction of sp³-hybridized carbons (Fsp3) is 0.600. The standard InChI is InChI=1S/C15H22N4O/c20-15(14-5-3-7-17-14)19-10-8-18(9-11-19)12-13-4-1-2-6-16-13/h1-2,4,6,14,17H,3,5,7-12H2. The summed E-state index contributed by atoms with van der Waals surface area (Å²) >= 11 is 0. The average molecular weight is 274 g/mol. The molecule has 2 aliphatic heterocycles. The molecule has 1 N–H and O–H groups in total. The van der Waals surface area contributed by atoms with Crippen LogP contribution in [0.5, 0.6) is 0 Å². The van der Waals surface area contributed by atoms with Crippen molar-refractivity contribution in [2.45, 2.75) is 25.4 Å². The van der Waals surface area contributed by atoms with Gasteiger partial charge in [-0.25, -0.2) is 0 Å². The van der Waals surface area contributed by atoms with Crippen LogP contribution in [-0.4, -0.2) is 59.5 Å². The average Bonchev–Trinajstić information content (AvgIpc) is 3.03. The lowest BCUT2D eigenvalue weighted by Crippen LogP contribution is -2.52. The fourth-order valence-electron chi connectivity index (χ4n) is 2.96. The molecule has 5 heteroatoms. The van der Waals surface area contributed by atoms with E-state index >= 15 is 0 Å². The van der Waals surface area contributed by atoms with Crippen LogP contribution >= 0.6 is 0 Å². The number of hydrogen-bond acceptors (Lipinski definition) is 4. The number of hydrogen-bond donors (Lipinski definition) is 1. The zero-order valence-electron chi connectivity index (χ0n) is 11.8. The number of amides is 1. The summed E-state index contributed by atoms with van der Waals surface area (Å²) < 4.78 is 0. The summed E-state index contributed by atoms with van der Waals surface area (Å²) in [5, 5.41) is 3.29. The molecular formula is C15H22N4O. The lowest BCUT2D eigenvalue weighted by molar-refractivity contribution is -0.134. The maximum absolute atomic E-state index is 12.3. The topological polar surface area (TPSA) is 48.5 Å². The first-order chi connectivity index (χ1) is 9.83. The predicted octanol–water partition coefficient (Wildman–Crippen LogP) is 0.478. The molecule has 0 aliphatic carbocycles. The van der Waals surface area contributed by atoms with Gasteiger partial charge < -0.3 is 10.2 Å². The molecule has 1 aromatic heterocycles. The van der Waals surface area contributed by atoms with E-state index in [2.05, 4.69) is 21.3 Å². The Morgan fingerprint density at radius 3 is 2.80 bits per heavy atom. The number of nitrogens with zero attached hydrogens (tertiary/aromatic N) is 3. The zero-order chi connectivity index (χ0) is 13.8. The van der Waals surface area contributed by atoms with E-state index in [1.54, 1.807) is 0 Å². The molecule has 3 heterocycles. The second-order valence-corrected chi connectivity index (χ2v) is 5.57. The monoisotopic (exact) mass is 274 g/mol. The van der Waals surface area contributed by atoms with Gasteiger partial charge in [0, 0.05) is 38.9 Å². The van der Waals surface area contributed by atoms with Gasteiger partial charge in [0.2, 0.25) is 5.91 Å². The Hall–Kier alpha value is -1.46. The van der Waals surface area contributed by atoms with Crippen molar-refractivity contribution in [3.05, 3.63) is 30.1 Å². The van der Waals surface area contributed by atoms with Crippen molar-refractivity contribution >= 4 is 5.91 Å². The Bertz CT molecular complexity index is 436. The summed E-state index contributed by atoms with van der Waals surface area (Å²) in [4.78, 5) is 21.0. The molecule has 0 aromatic carbocycles. The molecule has 5 nitrogen and oxygen atoms in total. The predicted molar refractivity (Wildman–Crippen MR) is 77.1 cm³/mol. The van der Waals surface area contributed by atoms with Crippen LogP contribution in [0.1, 0.15) is 18.5 Å². The van der Waals surface area contributed by atoms with Gasteiger partial charge in [-0.2, -0.15) is 0 Å². The van der Waals surface area contributed by atoms with Gasteiger partial charge in [0.15, 0.2) is 0 Å². The largest absolute Gasteiger partial charge is 0.339 e. The number of nitrogens with one attached hydrogen (secondary N) is 1.